The molecule has 1 aliphatic carbocycles. The summed E-state index contributed by atoms with van der Waals surface area (Å²) in [6.45, 7) is 4.72. The summed E-state index contributed by atoms with van der Waals surface area (Å²) in [5, 5.41) is 3.45. The van der Waals surface area contributed by atoms with Crippen molar-refractivity contribution in [3.63, 3.8) is 0 Å². The number of Topliss-reactive ketones (excluding diaryl/α,β-unsaturated/α-hetero) is 2. The first-order chi connectivity index (χ1) is 8.19. The molecule has 96 valence electrons. The second kappa shape index (κ2) is 5.30. The Balaban J connectivity index is 2.15. The van der Waals surface area contributed by atoms with Gasteiger partial charge in [0.1, 0.15) is 11.6 Å². The fourth-order valence-electron chi connectivity index (χ4n) is 3.62. The molecule has 17 heavy (non-hydrogen) atoms. The van der Waals surface area contributed by atoms with E-state index in [0.29, 0.717) is 24.7 Å². The molecule has 1 aliphatic heterocycles. The lowest BCUT2D eigenvalue weighted by Gasteiger charge is -2.25. The fourth-order valence-corrected chi connectivity index (χ4v) is 3.62. The van der Waals surface area contributed by atoms with Gasteiger partial charge >= 0.3 is 0 Å². The molecule has 0 spiro atoms. The summed E-state index contributed by atoms with van der Waals surface area (Å²) in [7, 11) is 0. The largest absolute Gasteiger partial charge is 0.312 e. The van der Waals surface area contributed by atoms with Gasteiger partial charge in [-0.1, -0.05) is 20.3 Å². The van der Waals surface area contributed by atoms with Crippen LogP contribution in [0.3, 0.4) is 0 Å². The minimum absolute atomic E-state index is 0.127. The first kappa shape index (κ1) is 12.7. The van der Waals surface area contributed by atoms with E-state index in [1.165, 1.54) is 19.3 Å². The van der Waals surface area contributed by atoms with E-state index < -0.39 is 0 Å². The summed E-state index contributed by atoms with van der Waals surface area (Å²) in [5.74, 6) is 1.14. The number of ketones is 2. The minimum Gasteiger partial charge on any atom is -0.312 e. The summed E-state index contributed by atoms with van der Waals surface area (Å²) in [4.78, 5) is 24.1. The van der Waals surface area contributed by atoms with Crippen LogP contribution in [0.25, 0.3) is 0 Å². The van der Waals surface area contributed by atoms with Crippen LogP contribution in [-0.2, 0) is 9.59 Å². The maximum absolute atomic E-state index is 12.0. The molecule has 3 heteroatoms. The third kappa shape index (κ3) is 2.30. The maximum Gasteiger partial charge on any atom is 0.144 e. The average molecular weight is 237 g/mol. The first-order valence-corrected chi connectivity index (χ1v) is 6.97. The highest BCUT2D eigenvalue weighted by Crippen LogP contribution is 2.40. The van der Waals surface area contributed by atoms with Crippen LogP contribution in [0.5, 0.6) is 0 Å². The quantitative estimate of drug-likeness (QED) is 0.743. The molecule has 2 aliphatic rings. The Morgan fingerprint density at radius 2 is 1.82 bits per heavy atom. The van der Waals surface area contributed by atoms with Crippen LogP contribution in [-0.4, -0.2) is 24.2 Å². The molecule has 3 unspecified atom stereocenters. The van der Waals surface area contributed by atoms with Gasteiger partial charge in [-0.05, 0) is 31.2 Å². The van der Waals surface area contributed by atoms with Gasteiger partial charge < -0.3 is 5.32 Å². The van der Waals surface area contributed by atoms with E-state index in [9.17, 15) is 9.59 Å². The normalized spacial score (nSPS) is 31.8. The topological polar surface area (TPSA) is 46.2 Å². The number of hydrogen-bond acceptors (Lipinski definition) is 3. The Labute approximate surface area is 103 Å². The van der Waals surface area contributed by atoms with Crippen molar-refractivity contribution in [3.05, 3.63) is 0 Å². The van der Waals surface area contributed by atoms with Crippen molar-refractivity contribution in [1.29, 1.82) is 0 Å². The predicted molar refractivity (Wildman–Crippen MR) is 66.7 cm³/mol. The van der Waals surface area contributed by atoms with Crippen LogP contribution < -0.4 is 5.32 Å². The smallest absolute Gasteiger partial charge is 0.144 e. The summed E-state index contributed by atoms with van der Waals surface area (Å²) in [6, 6.07) is 0.127. The van der Waals surface area contributed by atoms with Crippen LogP contribution in [0.4, 0.5) is 0 Å². The van der Waals surface area contributed by atoms with Gasteiger partial charge in [0.05, 0.1) is 5.92 Å². The third-order valence-corrected chi connectivity index (χ3v) is 4.54. The van der Waals surface area contributed by atoms with E-state index in [1.54, 1.807) is 0 Å². The minimum atomic E-state index is -0.377. The van der Waals surface area contributed by atoms with E-state index in [1.807, 2.05) is 13.8 Å². The van der Waals surface area contributed by atoms with Crippen molar-refractivity contribution in [3.8, 4) is 0 Å². The summed E-state index contributed by atoms with van der Waals surface area (Å²) in [6.07, 6.45) is 4.67. The molecule has 0 bridgehead atoms. The molecule has 2 fully saturated rings. The van der Waals surface area contributed by atoms with E-state index in [-0.39, 0.29) is 23.5 Å². The first-order valence-electron chi connectivity index (χ1n) is 6.97. The van der Waals surface area contributed by atoms with Crippen molar-refractivity contribution in [2.24, 2.45) is 17.8 Å². The lowest BCUT2D eigenvalue weighted by atomic mass is 9.80. The molecular formula is C14H23NO2. The van der Waals surface area contributed by atoms with Gasteiger partial charge in [-0.3, -0.25) is 9.59 Å². The zero-order valence-electron chi connectivity index (χ0n) is 10.9. The number of hydrogen-bond donors (Lipinski definition) is 1. The zero-order chi connectivity index (χ0) is 12.4. The van der Waals surface area contributed by atoms with E-state index in [2.05, 4.69) is 5.32 Å². The molecule has 0 amide bonds. The van der Waals surface area contributed by atoms with Gasteiger partial charge in [0, 0.05) is 18.9 Å². The number of rotatable bonds is 5. The molecule has 1 N–H and O–H groups in total. The van der Waals surface area contributed by atoms with Crippen molar-refractivity contribution in [2.75, 3.05) is 6.54 Å². The van der Waals surface area contributed by atoms with Gasteiger partial charge in [0.15, 0.2) is 0 Å². The van der Waals surface area contributed by atoms with Crippen molar-refractivity contribution in [2.45, 2.75) is 52.0 Å². The molecule has 0 radical (unpaired) electrons. The van der Waals surface area contributed by atoms with Crippen LogP contribution in [0.15, 0.2) is 0 Å². The number of nitrogens with one attached hydrogen (secondary N) is 1. The number of carbonyl (C=O) groups excluding carboxylic acids is 2. The maximum atomic E-state index is 12.0. The predicted octanol–water partition coefficient (Wildman–Crippen LogP) is 1.95. The Kier molecular flexibility index (Phi) is 3.97. The summed E-state index contributed by atoms with van der Waals surface area (Å²) < 4.78 is 0. The van der Waals surface area contributed by atoms with Crippen LogP contribution >= 0.6 is 0 Å². The monoisotopic (exact) mass is 237 g/mol. The van der Waals surface area contributed by atoms with E-state index in [0.717, 1.165) is 6.54 Å². The van der Waals surface area contributed by atoms with Crippen molar-refractivity contribution >= 4 is 11.6 Å². The summed E-state index contributed by atoms with van der Waals surface area (Å²) in [5.41, 5.74) is 0. The van der Waals surface area contributed by atoms with Gasteiger partial charge in [-0.15, -0.1) is 0 Å². The highest BCUT2D eigenvalue weighted by Gasteiger charge is 2.46. The van der Waals surface area contributed by atoms with E-state index >= 15 is 0 Å². The Morgan fingerprint density at radius 3 is 2.41 bits per heavy atom. The average Bonchev–Trinajstić information content (AvgIpc) is 2.93. The number of carbonyl (C=O) groups is 2. The standard InChI is InChI=1S/C14H23NO2/c1-3-11(16)13(12(17)4-2)14-10-7-5-6-9(10)8-15-14/h9-10,13-15H,3-8H2,1-2H3. The van der Waals surface area contributed by atoms with Gasteiger partial charge in [0.2, 0.25) is 0 Å². The molecule has 0 aromatic heterocycles. The molecule has 1 heterocycles. The molecular weight excluding hydrogens is 214 g/mol. The van der Waals surface area contributed by atoms with Gasteiger partial charge in [0.25, 0.3) is 0 Å². The van der Waals surface area contributed by atoms with Gasteiger partial charge in [-0.25, -0.2) is 0 Å². The number of fused-ring (bicyclic) bond motifs is 1. The Morgan fingerprint density at radius 1 is 1.18 bits per heavy atom. The third-order valence-electron chi connectivity index (χ3n) is 4.54. The van der Waals surface area contributed by atoms with Crippen molar-refractivity contribution < 1.29 is 9.59 Å². The van der Waals surface area contributed by atoms with Crippen LogP contribution in [0.2, 0.25) is 0 Å². The molecule has 3 nitrogen and oxygen atoms in total. The second-order valence-electron chi connectivity index (χ2n) is 5.41. The zero-order valence-corrected chi connectivity index (χ0v) is 10.9. The highest BCUT2D eigenvalue weighted by molar-refractivity contribution is 6.03. The molecule has 1 saturated heterocycles. The Hall–Kier alpha value is -0.700. The molecule has 0 aromatic carbocycles. The summed E-state index contributed by atoms with van der Waals surface area (Å²) >= 11 is 0. The van der Waals surface area contributed by atoms with Crippen LogP contribution in [0.1, 0.15) is 46.0 Å². The molecule has 1 saturated carbocycles. The van der Waals surface area contributed by atoms with Crippen molar-refractivity contribution in [1.82, 2.24) is 5.32 Å². The lowest BCUT2D eigenvalue weighted by molar-refractivity contribution is -0.134. The fraction of sp³-hybridized carbons (Fsp3) is 0.857. The lowest BCUT2D eigenvalue weighted by Crippen LogP contribution is -2.43. The molecule has 0 aromatic rings. The molecule has 2 rings (SSSR count). The van der Waals surface area contributed by atoms with E-state index in [4.69, 9.17) is 0 Å². The molecule has 3 atom stereocenters. The Bertz CT molecular complexity index is 297. The second-order valence-corrected chi connectivity index (χ2v) is 5.41. The highest BCUT2D eigenvalue weighted by atomic mass is 16.1. The van der Waals surface area contributed by atoms with Crippen LogP contribution in [0, 0.1) is 17.8 Å². The SMILES string of the molecule is CCC(=O)C(C(=O)CC)C1NCC2CCCC21. The van der Waals surface area contributed by atoms with Gasteiger partial charge in [-0.2, -0.15) is 0 Å².